The lowest BCUT2D eigenvalue weighted by Crippen LogP contribution is -2.22. The molecule has 0 saturated heterocycles. The number of benzene rings is 1. The second-order valence-corrected chi connectivity index (χ2v) is 5.39. The Kier molecular flexibility index (Phi) is 3.88. The number of hydrogen-bond acceptors (Lipinski definition) is 2. The van der Waals surface area contributed by atoms with Crippen molar-refractivity contribution in [2.75, 3.05) is 0 Å². The molecule has 0 fully saturated rings. The topological polar surface area (TPSA) is 34.1 Å². The molecule has 18 heavy (non-hydrogen) atoms. The maximum atomic E-state index is 12.3. The second kappa shape index (κ2) is 5.25. The normalized spacial score (nSPS) is 20.2. The van der Waals surface area contributed by atoms with Gasteiger partial charge in [-0.1, -0.05) is 42.3 Å². The molecular formula is C14H12Cl2O2. The summed E-state index contributed by atoms with van der Waals surface area (Å²) >= 11 is 12.0. The summed E-state index contributed by atoms with van der Waals surface area (Å²) in [6.07, 6.45) is 0.931. The molecule has 0 aromatic heterocycles. The molecule has 1 aromatic carbocycles. The fourth-order valence-corrected chi connectivity index (χ4v) is 2.76. The third-order valence-corrected chi connectivity index (χ3v) is 3.63. The first-order chi connectivity index (χ1) is 8.50. The smallest absolute Gasteiger partial charge is 0.199 e. The monoisotopic (exact) mass is 282 g/mol. The Morgan fingerprint density at radius 2 is 1.89 bits per heavy atom. The molecule has 2 nitrogen and oxygen atoms in total. The standard InChI is InChI=1S/C14H12Cl2O2/c1-8-6-11(16)13(12(17)7-8)14(18)9-4-2-3-5-10(9)15/h2-5,8H,6-7H2,1H3. The molecule has 0 saturated carbocycles. The van der Waals surface area contributed by atoms with Crippen LogP contribution in [0.2, 0.25) is 5.02 Å². The predicted molar refractivity (Wildman–Crippen MR) is 72.1 cm³/mol. The van der Waals surface area contributed by atoms with Gasteiger partial charge < -0.3 is 0 Å². The largest absolute Gasteiger partial charge is 0.294 e. The van der Waals surface area contributed by atoms with Crippen LogP contribution >= 0.6 is 23.2 Å². The van der Waals surface area contributed by atoms with Gasteiger partial charge >= 0.3 is 0 Å². The highest BCUT2D eigenvalue weighted by Gasteiger charge is 2.30. The van der Waals surface area contributed by atoms with E-state index in [0.29, 0.717) is 28.5 Å². The van der Waals surface area contributed by atoms with Gasteiger partial charge in [-0.05, 0) is 24.5 Å². The lowest BCUT2D eigenvalue weighted by Gasteiger charge is -2.19. The number of Topliss-reactive ketones (excluding diaryl/α,β-unsaturated/α-hetero) is 2. The van der Waals surface area contributed by atoms with Crippen LogP contribution in [-0.2, 0) is 4.79 Å². The fourth-order valence-electron chi connectivity index (χ4n) is 2.08. The summed E-state index contributed by atoms with van der Waals surface area (Å²) in [5.41, 5.74) is 0.429. The number of ketones is 2. The molecule has 2 rings (SSSR count). The number of carbonyl (C=O) groups excluding carboxylic acids is 2. The summed E-state index contributed by atoms with van der Waals surface area (Å²) in [7, 11) is 0. The Balaban J connectivity index is 2.43. The molecule has 0 radical (unpaired) electrons. The quantitative estimate of drug-likeness (QED) is 0.607. The maximum absolute atomic E-state index is 12.3. The summed E-state index contributed by atoms with van der Waals surface area (Å²) in [6, 6.07) is 6.68. The molecular weight excluding hydrogens is 271 g/mol. The van der Waals surface area contributed by atoms with Crippen LogP contribution in [-0.4, -0.2) is 11.6 Å². The number of hydrogen-bond donors (Lipinski definition) is 0. The zero-order valence-corrected chi connectivity index (χ0v) is 11.4. The zero-order valence-electron chi connectivity index (χ0n) is 9.87. The first-order valence-electron chi connectivity index (χ1n) is 5.71. The summed E-state index contributed by atoms with van der Waals surface area (Å²) < 4.78 is 0. The zero-order chi connectivity index (χ0) is 13.3. The average Bonchev–Trinajstić information content (AvgIpc) is 2.27. The van der Waals surface area contributed by atoms with E-state index in [1.54, 1.807) is 24.3 Å². The van der Waals surface area contributed by atoms with Crippen molar-refractivity contribution >= 4 is 34.8 Å². The Bertz CT molecular complexity index is 546. The van der Waals surface area contributed by atoms with Gasteiger partial charge in [0, 0.05) is 17.0 Å². The van der Waals surface area contributed by atoms with Crippen molar-refractivity contribution in [3.63, 3.8) is 0 Å². The molecule has 1 aliphatic carbocycles. The summed E-state index contributed by atoms with van der Waals surface area (Å²) in [5.74, 6) is -0.376. The van der Waals surface area contributed by atoms with E-state index in [0.717, 1.165) is 0 Å². The van der Waals surface area contributed by atoms with Gasteiger partial charge in [-0.3, -0.25) is 9.59 Å². The Labute approximate surface area is 116 Å². The molecule has 0 bridgehead atoms. The van der Waals surface area contributed by atoms with Crippen molar-refractivity contribution in [3.05, 3.63) is 45.5 Å². The van der Waals surface area contributed by atoms with Gasteiger partial charge in [-0.15, -0.1) is 0 Å². The molecule has 0 heterocycles. The minimum atomic E-state index is -0.373. The fraction of sp³-hybridized carbons (Fsp3) is 0.286. The second-order valence-electron chi connectivity index (χ2n) is 4.53. The molecule has 1 unspecified atom stereocenters. The van der Waals surface area contributed by atoms with E-state index in [1.807, 2.05) is 6.92 Å². The van der Waals surface area contributed by atoms with Crippen LogP contribution in [0, 0.1) is 5.92 Å². The number of carbonyl (C=O) groups is 2. The van der Waals surface area contributed by atoms with Gasteiger partial charge in [-0.25, -0.2) is 0 Å². The molecule has 0 aliphatic heterocycles. The Hall–Kier alpha value is -1.12. The van der Waals surface area contributed by atoms with Crippen molar-refractivity contribution in [3.8, 4) is 0 Å². The number of allylic oxidation sites excluding steroid dienone is 2. The summed E-state index contributed by atoms with van der Waals surface area (Å²) in [6.45, 7) is 1.94. The summed E-state index contributed by atoms with van der Waals surface area (Å²) in [4.78, 5) is 24.2. The van der Waals surface area contributed by atoms with Crippen molar-refractivity contribution in [1.29, 1.82) is 0 Å². The van der Waals surface area contributed by atoms with E-state index in [1.165, 1.54) is 0 Å². The minimum absolute atomic E-state index is 0.0999. The van der Waals surface area contributed by atoms with Crippen molar-refractivity contribution in [2.45, 2.75) is 19.8 Å². The molecule has 0 amide bonds. The highest BCUT2D eigenvalue weighted by atomic mass is 35.5. The third-order valence-electron chi connectivity index (χ3n) is 2.96. The van der Waals surface area contributed by atoms with Crippen molar-refractivity contribution < 1.29 is 9.59 Å². The van der Waals surface area contributed by atoms with E-state index in [-0.39, 0.29) is 23.1 Å². The van der Waals surface area contributed by atoms with E-state index in [9.17, 15) is 9.59 Å². The van der Waals surface area contributed by atoms with Gasteiger partial charge in [0.1, 0.15) is 0 Å². The highest BCUT2D eigenvalue weighted by molar-refractivity contribution is 6.42. The van der Waals surface area contributed by atoms with E-state index in [4.69, 9.17) is 23.2 Å². The third kappa shape index (κ3) is 2.50. The van der Waals surface area contributed by atoms with E-state index < -0.39 is 0 Å². The van der Waals surface area contributed by atoms with E-state index >= 15 is 0 Å². The SMILES string of the molecule is CC1CC(=O)C(C(=O)c2ccccc2Cl)=C(Cl)C1. The molecule has 94 valence electrons. The number of halogens is 2. The Morgan fingerprint density at radius 3 is 2.50 bits per heavy atom. The van der Waals surface area contributed by atoms with Gasteiger partial charge in [0.05, 0.1) is 10.6 Å². The molecule has 4 heteroatoms. The van der Waals surface area contributed by atoms with Crippen LogP contribution in [0.3, 0.4) is 0 Å². The predicted octanol–water partition coefficient (Wildman–Crippen LogP) is 4.01. The lowest BCUT2D eigenvalue weighted by atomic mass is 9.86. The van der Waals surface area contributed by atoms with Crippen LogP contribution in [0.4, 0.5) is 0 Å². The van der Waals surface area contributed by atoms with Gasteiger partial charge in [-0.2, -0.15) is 0 Å². The van der Waals surface area contributed by atoms with Crippen LogP contribution in [0.15, 0.2) is 34.9 Å². The van der Waals surface area contributed by atoms with E-state index in [2.05, 4.69) is 0 Å². The first kappa shape index (κ1) is 13.3. The first-order valence-corrected chi connectivity index (χ1v) is 6.47. The van der Waals surface area contributed by atoms with Crippen molar-refractivity contribution in [1.82, 2.24) is 0 Å². The van der Waals surface area contributed by atoms with Gasteiger partial charge in [0.25, 0.3) is 0 Å². The molecule has 0 N–H and O–H groups in total. The molecule has 0 spiro atoms. The van der Waals surface area contributed by atoms with Crippen LogP contribution in [0.1, 0.15) is 30.1 Å². The van der Waals surface area contributed by atoms with Crippen LogP contribution in [0.5, 0.6) is 0 Å². The lowest BCUT2D eigenvalue weighted by molar-refractivity contribution is -0.116. The van der Waals surface area contributed by atoms with Gasteiger partial charge in [0.2, 0.25) is 0 Å². The van der Waals surface area contributed by atoms with Crippen molar-refractivity contribution in [2.24, 2.45) is 5.92 Å². The molecule has 1 aromatic rings. The molecule has 1 atom stereocenters. The van der Waals surface area contributed by atoms with Gasteiger partial charge in [0.15, 0.2) is 11.6 Å². The van der Waals surface area contributed by atoms with Crippen LogP contribution < -0.4 is 0 Å². The summed E-state index contributed by atoms with van der Waals surface area (Å²) in [5, 5.41) is 0.689. The maximum Gasteiger partial charge on any atom is 0.199 e. The number of rotatable bonds is 2. The molecule has 1 aliphatic rings. The highest BCUT2D eigenvalue weighted by Crippen LogP contribution is 2.32. The van der Waals surface area contributed by atoms with Crippen LogP contribution in [0.25, 0.3) is 0 Å². The average molecular weight is 283 g/mol. The Morgan fingerprint density at radius 1 is 1.22 bits per heavy atom. The minimum Gasteiger partial charge on any atom is -0.294 e.